The monoisotopic (exact) mass is 247 g/mol. The van der Waals surface area contributed by atoms with Crippen molar-refractivity contribution in [2.75, 3.05) is 13.2 Å². The van der Waals surface area contributed by atoms with E-state index in [-0.39, 0.29) is 5.56 Å². The smallest absolute Gasteiger partial charge is 0.248 e. The Morgan fingerprint density at radius 3 is 2.28 bits per heavy atom. The van der Waals surface area contributed by atoms with Crippen LogP contribution in [-0.4, -0.2) is 18.2 Å². The van der Waals surface area contributed by atoms with E-state index >= 15 is 0 Å². The minimum absolute atomic E-state index is 0.105. The fraction of sp³-hybridized carbons (Fsp3) is 0.357. The predicted octanol–water partition coefficient (Wildman–Crippen LogP) is 2.63. The lowest BCUT2D eigenvalue weighted by Gasteiger charge is -2.12. The lowest BCUT2D eigenvalue weighted by Crippen LogP contribution is -2.06. The summed E-state index contributed by atoms with van der Waals surface area (Å²) in [7, 11) is 0. The number of pyridine rings is 1. The van der Waals surface area contributed by atoms with Gasteiger partial charge in [-0.3, -0.25) is 4.79 Å². The first kappa shape index (κ1) is 12.5. The van der Waals surface area contributed by atoms with Gasteiger partial charge in [0.25, 0.3) is 0 Å². The van der Waals surface area contributed by atoms with E-state index in [1.165, 1.54) is 0 Å². The molecule has 2 aromatic rings. The van der Waals surface area contributed by atoms with Crippen LogP contribution in [0.25, 0.3) is 10.8 Å². The van der Waals surface area contributed by atoms with Crippen LogP contribution in [0, 0.1) is 6.92 Å². The summed E-state index contributed by atoms with van der Waals surface area (Å²) in [5.74, 6) is 1.39. The van der Waals surface area contributed by atoms with E-state index in [9.17, 15) is 4.79 Å². The molecule has 0 aliphatic heterocycles. The zero-order chi connectivity index (χ0) is 13.1. The van der Waals surface area contributed by atoms with Gasteiger partial charge in [-0.05, 0) is 38.3 Å². The van der Waals surface area contributed by atoms with Crippen molar-refractivity contribution in [2.45, 2.75) is 20.8 Å². The molecule has 4 nitrogen and oxygen atoms in total. The summed E-state index contributed by atoms with van der Waals surface area (Å²) in [6, 6.07) is 5.34. The molecule has 0 radical (unpaired) electrons. The zero-order valence-corrected chi connectivity index (χ0v) is 10.9. The van der Waals surface area contributed by atoms with Crippen molar-refractivity contribution in [2.24, 2.45) is 0 Å². The summed E-state index contributed by atoms with van der Waals surface area (Å²) < 4.78 is 11.1. The standard InChI is InChI=1S/C14H17NO3/c1-4-17-12-6-10-7-14(16)15-9(3)11(10)8-13(12)18-5-2/h6-8H,4-5H2,1-3H3,(H,15,16). The van der Waals surface area contributed by atoms with Gasteiger partial charge in [-0.1, -0.05) is 0 Å². The van der Waals surface area contributed by atoms with Gasteiger partial charge in [0.05, 0.1) is 13.2 Å². The normalized spacial score (nSPS) is 10.6. The third-order valence-corrected chi connectivity index (χ3v) is 2.72. The van der Waals surface area contributed by atoms with Crippen LogP contribution >= 0.6 is 0 Å². The second-order valence-corrected chi connectivity index (χ2v) is 4.01. The summed E-state index contributed by atoms with van der Waals surface area (Å²) in [5.41, 5.74) is 0.730. The quantitative estimate of drug-likeness (QED) is 0.903. The Morgan fingerprint density at radius 2 is 1.67 bits per heavy atom. The van der Waals surface area contributed by atoms with Gasteiger partial charge in [0, 0.05) is 17.1 Å². The van der Waals surface area contributed by atoms with Gasteiger partial charge in [0.1, 0.15) is 0 Å². The van der Waals surface area contributed by atoms with E-state index in [4.69, 9.17) is 9.47 Å². The second-order valence-electron chi connectivity index (χ2n) is 4.01. The van der Waals surface area contributed by atoms with Crippen LogP contribution in [0.15, 0.2) is 23.0 Å². The van der Waals surface area contributed by atoms with Gasteiger partial charge >= 0.3 is 0 Å². The molecule has 0 bridgehead atoms. The van der Waals surface area contributed by atoms with Crippen molar-refractivity contribution in [3.05, 3.63) is 34.2 Å². The number of hydrogen-bond acceptors (Lipinski definition) is 3. The number of aromatic nitrogens is 1. The molecule has 2 rings (SSSR count). The van der Waals surface area contributed by atoms with Crippen molar-refractivity contribution in [1.29, 1.82) is 0 Å². The van der Waals surface area contributed by atoms with Crippen LogP contribution in [0.5, 0.6) is 11.5 Å². The third-order valence-electron chi connectivity index (χ3n) is 2.72. The van der Waals surface area contributed by atoms with Gasteiger partial charge in [-0.15, -0.1) is 0 Å². The van der Waals surface area contributed by atoms with Crippen LogP contribution in [-0.2, 0) is 0 Å². The molecule has 1 N–H and O–H groups in total. The molecule has 18 heavy (non-hydrogen) atoms. The number of aromatic amines is 1. The lowest BCUT2D eigenvalue weighted by molar-refractivity contribution is 0.288. The van der Waals surface area contributed by atoms with Crippen molar-refractivity contribution in [3.63, 3.8) is 0 Å². The van der Waals surface area contributed by atoms with Crippen molar-refractivity contribution < 1.29 is 9.47 Å². The van der Waals surface area contributed by atoms with Crippen LogP contribution in [0.3, 0.4) is 0 Å². The predicted molar refractivity (Wildman–Crippen MR) is 71.6 cm³/mol. The molecule has 1 aromatic carbocycles. The Labute approximate surface area is 106 Å². The topological polar surface area (TPSA) is 51.3 Å². The number of nitrogens with one attached hydrogen (secondary N) is 1. The van der Waals surface area contributed by atoms with Crippen LogP contribution in [0.2, 0.25) is 0 Å². The molecule has 0 saturated carbocycles. The summed E-state index contributed by atoms with van der Waals surface area (Å²) in [4.78, 5) is 14.2. The minimum atomic E-state index is -0.105. The second kappa shape index (κ2) is 5.12. The summed E-state index contributed by atoms with van der Waals surface area (Å²) in [6.07, 6.45) is 0. The van der Waals surface area contributed by atoms with E-state index in [1.54, 1.807) is 6.07 Å². The third kappa shape index (κ3) is 2.32. The number of benzene rings is 1. The Balaban J connectivity index is 2.67. The highest BCUT2D eigenvalue weighted by Crippen LogP contribution is 2.32. The molecule has 0 aliphatic carbocycles. The van der Waals surface area contributed by atoms with Gasteiger partial charge in [-0.2, -0.15) is 0 Å². The maximum atomic E-state index is 11.5. The molecular formula is C14H17NO3. The number of ether oxygens (including phenoxy) is 2. The number of rotatable bonds is 4. The summed E-state index contributed by atoms with van der Waals surface area (Å²) >= 11 is 0. The Bertz CT molecular complexity index is 616. The maximum absolute atomic E-state index is 11.5. The lowest BCUT2D eigenvalue weighted by atomic mass is 10.1. The first-order valence-electron chi connectivity index (χ1n) is 6.09. The van der Waals surface area contributed by atoms with E-state index in [0.29, 0.717) is 24.7 Å². The first-order chi connectivity index (χ1) is 8.65. The fourth-order valence-electron chi connectivity index (χ4n) is 1.99. The molecule has 0 aliphatic rings. The molecule has 0 spiro atoms. The van der Waals surface area contributed by atoms with E-state index < -0.39 is 0 Å². The maximum Gasteiger partial charge on any atom is 0.248 e. The van der Waals surface area contributed by atoms with E-state index in [0.717, 1.165) is 16.5 Å². The summed E-state index contributed by atoms with van der Waals surface area (Å²) in [5, 5.41) is 1.84. The van der Waals surface area contributed by atoms with Gasteiger partial charge in [-0.25, -0.2) is 0 Å². The average Bonchev–Trinajstić information content (AvgIpc) is 2.31. The molecule has 0 unspecified atom stereocenters. The number of H-pyrrole nitrogens is 1. The molecule has 0 amide bonds. The molecule has 0 fully saturated rings. The number of aryl methyl sites for hydroxylation is 1. The molecule has 0 atom stereocenters. The van der Waals surface area contributed by atoms with Gasteiger partial charge in [0.2, 0.25) is 5.56 Å². The zero-order valence-electron chi connectivity index (χ0n) is 10.9. The molecule has 1 heterocycles. The molecule has 96 valence electrons. The van der Waals surface area contributed by atoms with Crippen molar-refractivity contribution in [1.82, 2.24) is 4.98 Å². The largest absolute Gasteiger partial charge is 0.490 e. The molecule has 4 heteroatoms. The Morgan fingerprint density at radius 1 is 1.06 bits per heavy atom. The highest BCUT2D eigenvalue weighted by molar-refractivity contribution is 5.87. The highest BCUT2D eigenvalue weighted by Gasteiger charge is 2.09. The van der Waals surface area contributed by atoms with Crippen molar-refractivity contribution >= 4 is 10.8 Å². The van der Waals surface area contributed by atoms with Gasteiger partial charge in [0.15, 0.2) is 11.5 Å². The highest BCUT2D eigenvalue weighted by atomic mass is 16.5. The molecular weight excluding hydrogens is 230 g/mol. The van der Waals surface area contributed by atoms with E-state index in [1.807, 2.05) is 32.9 Å². The average molecular weight is 247 g/mol. The van der Waals surface area contributed by atoms with Crippen LogP contribution in [0.4, 0.5) is 0 Å². The van der Waals surface area contributed by atoms with Crippen LogP contribution < -0.4 is 15.0 Å². The fourth-order valence-corrected chi connectivity index (χ4v) is 1.99. The van der Waals surface area contributed by atoms with Gasteiger partial charge < -0.3 is 14.5 Å². The SMILES string of the molecule is CCOc1cc2cc(=O)[nH]c(C)c2cc1OCC. The van der Waals surface area contributed by atoms with Crippen LogP contribution in [0.1, 0.15) is 19.5 Å². The number of hydrogen-bond donors (Lipinski definition) is 1. The first-order valence-corrected chi connectivity index (χ1v) is 6.09. The Kier molecular flexibility index (Phi) is 3.55. The summed E-state index contributed by atoms with van der Waals surface area (Å²) in [6.45, 7) is 6.87. The molecule has 1 aromatic heterocycles. The molecule has 0 saturated heterocycles. The van der Waals surface area contributed by atoms with Crippen molar-refractivity contribution in [3.8, 4) is 11.5 Å². The minimum Gasteiger partial charge on any atom is -0.490 e. The number of fused-ring (bicyclic) bond motifs is 1. The Hall–Kier alpha value is -1.97. The van der Waals surface area contributed by atoms with E-state index in [2.05, 4.69) is 4.98 Å².